The zero-order valence-electron chi connectivity index (χ0n) is 12.6. The molecule has 20 heavy (non-hydrogen) atoms. The minimum atomic E-state index is -0.736. The number of likely N-dealkylation sites (N-methyl/N-ethyl adjacent to an activating group) is 2. The lowest BCUT2D eigenvalue weighted by Gasteiger charge is -2.37. The normalized spacial score (nSPS) is 25.9. The topological polar surface area (TPSA) is 40.6 Å². The van der Waals surface area contributed by atoms with Crippen LogP contribution in [0.4, 0.5) is 0 Å². The Morgan fingerprint density at radius 3 is 2.50 bits per heavy atom. The van der Waals surface area contributed by atoms with Crippen LogP contribution in [0.5, 0.6) is 0 Å². The van der Waals surface area contributed by atoms with E-state index in [0.717, 1.165) is 5.56 Å². The molecule has 1 aromatic carbocycles. The van der Waals surface area contributed by atoms with Crippen LogP contribution in [0.15, 0.2) is 30.3 Å². The number of carbonyl (C=O) groups excluding carboxylic acids is 2. The maximum absolute atomic E-state index is 12.8. The first-order chi connectivity index (χ1) is 9.37. The van der Waals surface area contributed by atoms with Gasteiger partial charge < -0.3 is 9.80 Å². The molecule has 1 fully saturated rings. The molecule has 0 aromatic heterocycles. The molecule has 2 atom stereocenters. The zero-order chi connectivity index (χ0) is 14.9. The van der Waals surface area contributed by atoms with Gasteiger partial charge in [-0.05, 0) is 18.4 Å². The monoisotopic (exact) mass is 274 g/mol. The average Bonchev–Trinajstić information content (AvgIpc) is 2.63. The number of rotatable bonds is 3. The van der Waals surface area contributed by atoms with Crippen LogP contribution < -0.4 is 0 Å². The molecule has 0 aliphatic carbocycles. The molecule has 0 spiro atoms. The van der Waals surface area contributed by atoms with Crippen LogP contribution in [0, 0.1) is 5.92 Å². The van der Waals surface area contributed by atoms with E-state index >= 15 is 0 Å². The molecule has 4 nitrogen and oxygen atoms in total. The Morgan fingerprint density at radius 2 is 2.00 bits per heavy atom. The summed E-state index contributed by atoms with van der Waals surface area (Å²) in [6.45, 7) is 4.39. The van der Waals surface area contributed by atoms with Crippen molar-refractivity contribution in [1.29, 1.82) is 0 Å². The third-order valence-electron chi connectivity index (χ3n) is 4.55. The fourth-order valence-corrected chi connectivity index (χ4v) is 2.86. The first-order valence-corrected chi connectivity index (χ1v) is 6.93. The third kappa shape index (κ3) is 2.30. The van der Waals surface area contributed by atoms with Crippen molar-refractivity contribution >= 4 is 11.8 Å². The summed E-state index contributed by atoms with van der Waals surface area (Å²) in [7, 11) is 3.52. The highest BCUT2D eigenvalue weighted by atomic mass is 16.2. The Morgan fingerprint density at radius 1 is 1.40 bits per heavy atom. The van der Waals surface area contributed by atoms with Gasteiger partial charge in [-0.1, -0.05) is 37.3 Å². The van der Waals surface area contributed by atoms with Gasteiger partial charge in [0.1, 0.15) is 5.54 Å². The molecule has 0 bridgehead atoms. The van der Waals surface area contributed by atoms with Gasteiger partial charge in [0.2, 0.25) is 11.8 Å². The van der Waals surface area contributed by atoms with E-state index in [4.69, 9.17) is 0 Å². The van der Waals surface area contributed by atoms with Crippen molar-refractivity contribution in [3.8, 4) is 0 Å². The lowest BCUT2D eigenvalue weighted by molar-refractivity contribution is -0.147. The molecule has 0 saturated carbocycles. The van der Waals surface area contributed by atoms with E-state index in [1.165, 1.54) is 0 Å². The van der Waals surface area contributed by atoms with Crippen molar-refractivity contribution < 1.29 is 9.59 Å². The Labute approximate surface area is 120 Å². The van der Waals surface area contributed by atoms with Gasteiger partial charge in [-0.3, -0.25) is 9.59 Å². The number of likely N-dealkylation sites (tertiary alicyclic amines) is 1. The smallest absolute Gasteiger partial charge is 0.248 e. The van der Waals surface area contributed by atoms with Gasteiger partial charge in [-0.2, -0.15) is 0 Å². The molecule has 4 heteroatoms. The van der Waals surface area contributed by atoms with E-state index in [9.17, 15) is 9.59 Å². The maximum Gasteiger partial charge on any atom is 0.248 e. The Bertz CT molecular complexity index is 514. The number of hydrogen-bond donors (Lipinski definition) is 0. The Kier molecular flexibility index (Phi) is 3.84. The summed E-state index contributed by atoms with van der Waals surface area (Å²) in [6, 6.07) is 9.88. The summed E-state index contributed by atoms with van der Waals surface area (Å²) in [5.74, 6) is 0.0781. The molecule has 1 aromatic rings. The van der Waals surface area contributed by atoms with Crippen LogP contribution in [0.2, 0.25) is 0 Å². The molecule has 108 valence electrons. The van der Waals surface area contributed by atoms with E-state index in [-0.39, 0.29) is 17.7 Å². The Balaban J connectivity index is 2.16. The van der Waals surface area contributed by atoms with Crippen LogP contribution >= 0.6 is 0 Å². The van der Waals surface area contributed by atoms with Crippen LogP contribution in [0.1, 0.15) is 25.8 Å². The highest BCUT2D eigenvalue weighted by Gasteiger charge is 2.51. The molecule has 2 amide bonds. The van der Waals surface area contributed by atoms with E-state index in [2.05, 4.69) is 0 Å². The Hall–Kier alpha value is -1.84. The van der Waals surface area contributed by atoms with Gasteiger partial charge in [0.05, 0.1) is 0 Å². The minimum Gasteiger partial charge on any atom is -0.339 e. The first kappa shape index (κ1) is 14.6. The summed E-state index contributed by atoms with van der Waals surface area (Å²) in [5, 5.41) is 0. The van der Waals surface area contributed by atoms with Crippen molar-refractivity contribution in [1.82, 2.24) is 9.80 Å². The fraction of sp³-hybridized carbons (Fsp3) is 0.500. The van der Waals surface area contributed by atoms with Crippen LogP contribution in [-0.2, 0) is 16.1 Å². The second-order valence-electron chi connectivity index (χ2n) is 5.85. The van der Waals surface area contributed by atoms with Crippen molar-refractivity contribution in [2.45, 2.75) is 32.4 Å². The molecule has 1 aliphatic rings. The number of carbonyl (C=O) groups is 2. The van der Waals surface area contributed by atoms with Gasteiger partial charge in [-0.15, -0.1) is 0 Å². The number of nitrogens with zero attached hydrogens (tertiary/aromatic N) is 2. The zero-order valence-corrected chi connectivity index (χ0v) is 12.6. The van der Waals surface area contributed by atoms with E-state index < -0.39 is 5.54 Å². The lowest BCUT2D eigenvalue weighted by Crippen LogP contribution is -2.55. The molecule has 0 radical (unpaired) electrons. The predicted octanol–water partition coefficient (Wildman–Crippen LogP) is 1.90. The summed E-state index contributed by atoms with van der Waals surface area (Å²) in [6.07, 6.45) is 0.442. The lowest BCUT2D eigenvalue weighted by atomic mass is 9.86. The van der Waals surface area contributed by atoms with Crippen molar-refractivity contribution in [2.24, 2.45) is 5.92 Å². The predicted molar refractivity (Wildman–Crippen MR) is 77.9 cm³/mol. The SMILES string of the molecule is CC1CC(=O)N(C)C1(C)C(=O)N(C)Cc1ccccc1. The molecule has 1 aliphatic heterocycles. The first-order valence-electron chi connectivity index (χ1n) is 6.93. The van der Waals surface area contributed by atoms with Crippen LogP contribution in [-0.4, -0.2) is 41.2 Å². The van der Waals surface area contributed by atoms with Crippen LogP contribution in [0.25, 0.3) is 0 Å². The molecular formula is C16H22N2O2. The molecular weight excluding hydrogens is 252 g/mol. The summed E-state index contributed by atoms with van der Waals surface area (Å²) in [5.41, 5.74) is 0.354. The molecule has 1 heterocycles. The fourth-order valence-electron chi connectivity index (χ4n) is 2.86. The molecule has 1 saturated heterocycles. The van der Waals surface area contributed by atoms with E-state index in [0.29, 0.717) is 13.0 Å². The highest BCUT2D eigenvalue weighted by molar-refractivity contribution is 5.94. The van der Waals surface area contributed by atoms with Gasteiger partial charge in [0, 0.05) is 27.1 Å². The van der Waals surface area contributed by atoms with Gasteiger partial charge in [-0.25, -0.2) is 0 Å². The summed E-state index contributed by atoms with van der Waals surface area (Å²) in [4.78, 5) is 27.9. The number of hydrogen-bond acceptors (Lipinski definition) is 2. The average molecular weight is 274 g/mol. The quantitative estimate of drug-likeness (QED) is 0.844. The van der Waals surface area contributed by atoms with Crippen molar-refractivity contribution in [3.63, 3.8) is 0 Å². The van der Waals surface area contributed by atoms with E-state index in [1.54, 1.807) is 23.9 Å². The minimum absolute atomic E-state index is 0.00204. The molecule has 2 rings (SSSR count). The van der Waals surface area contributed by atoms with Crippen molar-refractivity contribution in [2.75, 3.05) is 14.1 Å². The molecule has 2 unspecified atom stereocenters. The highest BCUT2D eigenvalue weighted by Crippen LogP contribution is 2.35. The molecule has 0 N–H and O–H groups in total. The number of amides is 2. The maximum atomic E-state index is 12.8. The van der Waals surface area contributed by atoms with E-state index in [1.807, 2.05) is 44.2 Å². The summed E-state index contributed by atoms with van der Waals surface area (Å²) < 4.78 is 0. The van der Waals surface area contributed by atoms with Crippen molar-refractivity contribution in [3.05, 3.63) is 35.9 Å². The van der Waals surface area contributed by atoms with Gasteiger partial charge in [0.15, 0.2) is 0 Å². The second-order valence-corrected chi connectivity index (χ2v) is 5.85. The number of benzene rings is 1. The standard InChI is InChI=1S/C16H22N2O2/c1-12-10-14(19)18(4)16(12,2)15(20)17(3)11-13-8-6-5-7-9-13/h5-9,12H,10-11H2,1-4H3. The second kappa shape index (κ2) is 5.27. The van der Waals surface area contributed by atoms with Gasteiger partial charge >= 0.3 is 0 Å². The largest absolute Gasteiger partial charge is 0.339 e. The van der Waals surface area contributed by atoms with Gasteiger partial charge in [0.25, 0.3) is 0 Å². The van der Waals surface area contributed by atoms with Crippen LogP contribution in [0.3, 0.4) is 0 Å². The summed E-state index contributed by atoms with van der Waals surface area (Å²) >= 11 is 0. The third-order valence-corrected chi connectivity index (χ3v) is 4.55.